The van der Waals surface area contributed by atoms with E-state index in [0.29, 0.717) is 11.0 Å². The first-order chi connectivity index (χ1) is 5.70. The molecule has 0 aromatic heterocycles. The molecule has 0 spiro atoms. The summed E-state index contributed by atoms with van der Waals surface area (Å²) < 4.78 is 0. The van der Waals surface area contributed by atoms with Gasteiger partial charge in [-0.05, 0) is 18.2 Å². The average Bonchev–Trinajstić information content (AvgIpc) is 2.08. The smallest absolute Gasteiger partial charge is 0.199 e. The van der Waals surface area contributed by atoms with E-state index in [-0.39, 0.29) is 0 Å². The van der Waals surface area contributed by atoms with Crippen LogP contribution in [-0.4, -0.2) is 9.79 Å². The van der Waals surface area contributed by atoms with Crippen molar-refractivity contribution in [2.24, 2.45) is 0 Å². The van der Waals surface area contributed by atoms with E-state index in [4.69, 9.17) is 15.5 Å². The van der Waals surface area contributed by atoms with E-state index in [9.17, 15) is 0 Å². The van der Waals surface area contributed by atoms with Crippen molar-refractivity contribution in [3.63, 3.8) is 0 Å². The van der Waals surface area contributed by atoms with E-state index >= 15 is 0 Å². The number of benzene rings is 1. The number of nitrogens with two attached hydrogens (primary N) is 1. The van der Waals surface area contributed by atoms with Crippen LogP contribution in [-0.2, 0) is 0 Å². The zero-order valence-corrected chi connectivity index (χ0v) is 8.12. The number of hydrogen-bond donors (Lipinski definition) is 3. The van der Waals surface area contributed by atoms with Crippen LogP contribution in [0.1, 0.15) is 13.8 Å². The molecule has 0 atom stereocenters. The molecule has 1 aromatic carbocycles. The van der Waals surface area contributed by atoms with Crippen LogP contribution in [0.15, 0.2) is 24.3 Å². The number of rotatable bonds is 1. The van der Waals surface area contributed by atoms with Crippen LogP contribution in [0.2, 0.25) is 0 Å². The van der Waals surface area contributed by atoms with Gasteiger partial charge in [0.25, 0.3) is 0 Å². The molecule has 3 nitrogen and oxygen atoms in total. The first-order valence-corrected chi connectivity index (χ1v) is 4.98. The van der Waals surface area contributed by atoms with Crippen molar-refractivity contribution in [3.8, 4) is 0 Å². The van der Waals surface area contributed by atoms with Crippen molar-refractivity contribution < 1.29 is 9.79 Å². The summed E-state index contributed by atoms with van der Waals surface area (Å²) >= 11 is 0. The predicted octanol–water partition coefficient (Wildman–Crippen LogP) is 1.22. The molecular weight excluding hydrogens is 173 g/mol. The van der Waals surface area contributed by atoms with Gasteiger partial charge in [0.2, 0.25) is 0 Å². The van der Waals surface area contributed by atoms with Crippen molar-refractivity contribution in [1.82, 2.24) is 0 Å². The topological polar surface area (TPSA) is 66.5 Å². The quantitative estimate of drug-likeness (QED) is 0.457. The highest BCUT2D eigenvalue weighted by Gasteiger charge is 2.01. The Morgan fingerprint density at radius 1 is 1.25 bits per heavy atom. The summed E-state index contributed by atoms with van der Waals surface area (Å²) in [6.07, 6.45) is 0. The maximum Gasteiger partial charge on any atom is 0.199 e. The molecule has 0 fully saturated rings. The standard InChI is InChI=1S/C6H8NO2P.C2H6/c7-5-2-1-3-6(4-5)10(8)9;1-2/h1-4,8-9H,7H2;1-2H3. The Bertz CT molecular complexity index is 228. The lowest BCUT2D eigenvalue weighted by Crippen LogP contribution is -2.00. The number of hydrogen-bond acceptors (Lipinski definition) is 3. The Kier molecular flexibility index (Phi) is 5.64. The van der Waals surface area contributed by atoms with Gasteiger partial charge in [0, 0.05) is 11.0 Å². The molecule has 0 amide bonds. The van der Waals surface area contributed by atoms with Gasteiger partial charge >= 0.3 is 0 Å². The van der Waals surface area contributed by atoms with Crippen LogP contribution in [0.4, 0.5) is 5.69 Å². The summed E-state index contributed by atoms with van der Waals surface area (Å²) in [6, 6.07) is 6.56. The monoisotopic (exact) mass is 187 g/mol. The van der Waals surface area contributed by atoms with Crippen LogP contribution < -0.4 is 11.0 Å². The Balaban J connectivity index is 0.000000561. The molecule has 0 bridgehead atoms. The molecule has 0 saturated carbocycles. The molecule has 4 heteroatoms. The van der Waals surface area contributed by atoms with Crippen molar-refractivity contribution >= 4 is 19.4 Å². The lowest BCUT2D eigenvalue weighted by atomic mass is 10.3. The normalized spacial score (nSPS) is 9.08. The largest absolute Gasteiger partial charge is 0.399 e. The SMILES string of the molecule is CC.Nc1cccc(P(O)O)c1. The zero-order valence-electron chi connectivity index (χ0n) is 7.23. The lowest BCUT2D eigenvalue weighted by molar-refractivity contribution is 0.497. The summed E-state index contributed by atoms with van der Waals surface area (Å²) in [5.41, 5.74) is 5.93. The van der Waals surface area contributed by atoms with Crippen LogP contribution in [0.3, 0.4) is 0 Å². The Labute approximate surface area is 73.8 Å². The maximum absolute atomic E-state index is 8.71. The van der Waals surface area contributed by atoms with Gasteiger partial charge in [-0.25, -0.2) is 0 Å². The number of nitrogen functional groups attached to an aromatic ring is 1. The third-order valence-corrected chi connectivity index (χ3v) is 1.84. The summed E-state index contributed by atoms with van der Waals surface area (Å²) in [5.74, 6) is 0. The van der Waals surface area contributed by atoms with E-state index < -0.39 is 8.38 Å². The summed E-state index contributed by atoms with van der Waals surface area (Å²) in [7, 11) is -1.99. The summed E-state index contributed by atoms with van der Waals surface area (Å²) in [4.78, 5) is 17.4. The molecule has 4 N–H and O–H groups in total. The van der Waals surface area contributed by atoms with Crippen molar-refractivity contribution in [1.29, 1.82) is 0 Å². The first-order valence-electron chi connectivity index (χ1n) is 3.73. The van der Waals surface area contributed by atoms with E-state index in [1.54, 1.807) is 24.3 Å². The second kappa shape index (κ2) is 5.95. The molecule has 68 valence electrons. The first kappa shape index (κ1) is 11.4. The van der Waals surface area contributed by atoms with Crippen LogP contribution in [0.25, 0.3) is 0 Å². The van der Waals surface area contributed by atoms with Gasteiger partial charge in [0.1, 0.15) is 0 Å². The molecule has 12 heavy (non-hydrogen) atoms. The van der Waals surface area contributed by atoms with Gasteiger partial charge in [-0.15, -0.1) is 0 Å². The fraction of sp³-hybridized carbons (Fsp3) is 0.250. The summed E-state index contributed by atoms with van der Waals surface area (Å²) in [6.45, 7) is 4.00. The van der Waals surface area contributed by atoms with Gasteiger partial charge in [0.15, 0.2) is 8.38 Å². The third kappa shape index (κ3) is 3.67. The van der Waals surface area contributed by atoms with Gasteiger partial charge in [0.05, 0.1) is 0 Å². The van der Waals surface area contributed by atoms with Crippen molar-refractivity contribution in [2.75, 3.05) is 5.73 Å². The second-order valence-electron chi connectivity index (χ2n) is 1.88. The fourth-order valence-electron chi connectivity index (χ4n) is 0.649. The van der Waals surface area contributed by atoms with E-state index in [1.165, 1.54) is 0 Å². The van der Waals surface area contributed by atoms with Crippen LogP contribution in [0, 0.1) is 0 Å². The van der Waals surface area contributed by atoms with Gasteiger partial charge in [-0.2, -0.15) is 0 Å². The minimum atomic E-state index is -1.99. The van der Waals surface area contributed by atoms with Crippen molar-refractivity contribution in [3.05, 3.63) is 24.3 Å². The number of anilines is 1. The predicted molar refractivity (Wildman–Crippen MR) is 53.2 cm³/mol. The molecule has 1 aromatic rings. The van der Waals surface area contributed by atoms with E-state index in [2.05, 4.69) is 0 Å². The molecular formula is C8H14NO2P. The Morgan fingerprint density at radius 2 is 1.83 bits per heavy atom. The molecule has 0 heterocycles. The average molecular weight is 187 g/mol. The van der Waals surface area contributed by atoms with Gasteiger partial charge in [-0.1, -0.05) is 19.9 Å². The van der Waals surface area contributed by atoms with Crippen LogP contribution >= 0.6 is 8.38 Å². The molecule has 0 aliphatic heterocycles. The second-order valence-corrected chi connectivity index (χ2v) is 2.98. The molecule has 0 aliphatic rings. The third-order valence-electron chi connectivity index (χ3n) is 1.10. The van der Waals surface area contributed by atoms with E-state index in [0.717, 1.165) is 0 Å². The minimum Gasteiger partial charge on any atom is -0.399 e. The Morgan fingerprint density at radius 3 is 2.17 bits per heavy atom. The molecule has 0 aliphatic carbocycles. The van der Waals surface area contributed by atoms with E-state index in [1.807, 2.05) is 13.8 Å². The van der Waals surface area contributed by atoms with Crippen molar-refractivity contribution in [2.45, 2.75) is 13.8 Å². The highest BCUT2D eigenvalue weighted by molar-refractivity contribution is 7.54. The van der Waals surface area contributed by atoms with Crippen LogP contribution in [0.5, 0.6) is 0 Å². The Hall–Kier alpha value is -0.630. The maximum atomic E-state index is 8.71. The lowest BCUT2D eigenvalue weighted by Gasteiger charge is -2.01. The fourth-order valence-corrected chi connectivity index (χ4v) is 1.13. The zero-order chi connectivity index (χ0) is 9.56. The molecule has 0 saturated heterocycles. The van der Waals surface area contributed by atoms with Gasteiger partial charge < -0.3 is 15.5 Å². The molecule has 1 rings (SSSR count). The molecule has 0 unspecified atom stereocenters. The minimum absolute atomic E-state index is 0.481. The highest BCUT2D eigenvalue weighted by Crippen LogP contribution is 2.22. The highest BCUT2D eigenvalue weighted by atomic mass is 31.2. The molecule has 0 radical (unpaired) electrons. The summed E-state index contributed by atoms with van der Waals surface area (Å²) in [5, 5.41) is 0.481. The van der Waals surface area contributed by atoms with Gasteiger partial charge in [-0.3, -0.25) is 0 Å².